The summed E-state index contributed by atoms with van der Waals surface area (Å²) in [7, 11) is 0. The van der Waals surface area contributed by atoms with E-state index in [4.69, 9.17) is 0 Å². The van der Waals surface area contributed by atoms with Crippen LogP contribution in [0.5, 0.6) is 0 Å². The van der Waals surface area contributed by atoms with Gasteiger partial charge in [0.15, 0.2) is 0 Å². The molecule has 3 rings (SSSR count). The molecule has 2 atom stereocenters. The predicted octanol–water partition coefficient (Wildman–Crippen LogP) is 4.06. The van der Waals surface area contributed by atoms with Crippen LogP contribution in [0.4, 0.5) is 0 Å². The Balaban J connectivity index is 1.54. The molecule has 1 saturated heterocycles. The lowest BCUT2D eigenvalue weighted by molar-refractivity contribution is 0.0596. The van der Waals surface area contributed by atoms with Crippen molar-refractivity contribution in [1.29, 1.82) is 0 Å². The Bertz CT molecular complexity index is 305. The molecule has 0 spiro atoms. The van der Waals surface area contributed by atoms with Crippen LogP contribution in [0.3, 0.4) is 0 Å². The third kappa shape index (κ3) is 4.22. The van der Waals surface area contributed by atoms with Crippen LogP contribution in [0.25, 0.3) is 0 Å². The van der Waals surface area contributed by atoms with Gasteiger partial charge in [-0.1, -0.05) is 39.5 Å². The van der Waals surface area contributed by atoms with Crippen molar-refractivity contribution in [3.63, 3.8) is 0 Å². The molecule has 0 bridgehead atoms. The van der Waals surface area contributed by atoms with Crippen LogP contribution in [0.1, 0.15) is 71.6 Å². The minimum absolute atomic E-state index is 0.758. The molecule has 3 aliphatic rings. The Morgan fingerprint density at radius 3 is 2.33 bits per heavy atom. The van der Waals surface area contributed by atoms with Crippen LogP contribution in [-0.4, -0.2) is 36.6 Å². The SMILES string of the molecule is CC(C)C1CC(NCC2CCC2)CN(C2CCCCC2)C1. The number of piperidine rings is 1. The van der Waals surface area contributed by atoms with Crippen LogP contribution in [0.15, 0.2) is 0 Å². The molecule has 0 aromatic heterocycles. The first kappa shape index (κ1) is 15.8. The highest BCUT2D eigenvalue weighted by Gasteiger charge is 2.33. The van der Waals surface area contributed by atoms with Crippen molar-refractivity contribution in [2.24, 2.45) is 17.8 Å². The quantitative estimate of drug-likeness (QED) is 0.822. The maximum Gasteiger partial charge on any atom is 0.0198 e. The first-order valence-corrected chi connectivity index (χ1v) is 9.70. The van der Waals surface area contributed by atoms with Gasteiger partial charge < -0.3 is 5.32 Å². The van der Waals surface area contributed by atoms with E-state index in [0.717, 1.165) is 29.8 Å². The first-order chi connectivity index (χ1) is 10.2. The summed E-state index contributed by atoms with van der Waals surface area (Å²) in [5.41, 5.74) is 0. The zero-order valence-corrected chi connectivity index (χ0v) is 14.3. The number of likely N-dealkylation sites (tertiary alicyclic amines) is 1. The second-order valence-corrected chi connectivity index (χ2v) is 8.39. The third-order valence-electron chi connectivity index (χ3n) is 6.47. The highest BCUT2D eigenvalue weighted by atomic mass is 15.2. The van der Waals surface area contributed by atoms with Gasteiger partial charge in [0.2, 0.25) is 0 Å². The van der Waals surface area contributed by atoms with E-state index in [1.165, 1.54) is 77.4 Å². The molecule has 2 aliphatic carbocycles. The molecule has 2 heteroatoms. The molecule has 0 amide bonds. The number of nitrogens with zero attached hydrogens (tertiary/aromatic N) is 1. The largest absolute Gasteiger partial charge is 0.312 e. The summed E-state index contributed by atoms with van der Waals surface area (Å²) in [6.45, 7) is 8.83. The van der Waals surface area contributed by atoms with Gasteiger partial charge in [0.05, 0.1) is 0 Å². The third-order valence-corrected chi connectivity index (χ3v) is 6.47. The maximum absolute atomic E-state index is 3.94. The fraction of sp³-hybridized carbons (Fsp3) is 1.00. The van der Waals surface area contributed by atoms with Crippen LogP contribution in [-0.2, 0) is 0 Å². The fourth-order valence-corrected chi connectivity index (χ4v) is 4.58. The van der Waals surface area contributed by atoms with Crippen molar-refractivity contribution in [2.75, 3.05) is 19.6 Å². The van der Waals surface area contributed by atoms with Gasteiger partial charge in [-0.15, -0.1) is 0 Å². The van der Waals surface area contributed by atoms with E-state index in [1.807, 2.05) is 0 Å². The molecule has 2 unspecified atom stereocenters. The van der Waals surface area contributed by atoms with Gasteiger partial charge in [-0.05, 0) is 56.4 Å². The van der Waals surface area contributed by atoms with Crippen molar-refractivity contribution in [1.82, 2.24) is 10.2 Å². The second-order valence-electron chi connectivity index (χ2n) is 8.39. The number of nitrogens with one attached hydrogen (secondary N) is 1. The molecule has 1 aliphatic heterocycles. The Morgan fingerprint density at radius 1 is 0.952 bits per heavy atom. The lowest BCUT2D eigenvalue weighted by Crippen LogP contribution is -2.54. The monoisotopic (exact) mass is 292 g/mol. The first-order valence-electron chi connectivity index (χ1n) is 9.70. The van der Waals surface area contributed by atoms with Crippen molar-refractivity contribution in [2.45, 2.75) is 83.7 Å². The summed E-state index contributed by atoms with van der Waals surface area (Å²) in [6.07, 6.45) is 13.1. The smallest absolute Gasteiger partial charge is 0.0198 e. The normalized spacial score (nSPS) is 33.3. The molecule has 3 fully saturated rings. The highest BCUT2D eigenvalue weighted by molar-refractivity contribution is 4.89. The standard InChI is InChI=1S/C19H36N2/c1-15(2)17-11-18(20-12-16-7-6-8-16)14-21(13-17)19-9-4-3-5-10-19/h15-20H,3-14H2,1-2H3. The van der Waals surface area contributed by atoms with Gasteiger partial charge >= 0.3 is 0 Å². The van der Waals surface area contributed by atoms with Crippen LogP contribution in [0.2, 0.25) is 0 Å². The van der Waals surface area contributed by atoms with Gasteiger partial charge in [-0.3, -0.25) is 4.90 Å². The molecule has 2 saturated carbocycles. The topological polar surface area (TPSA) is 15.3 Å². The lowest BCUT2D eigenvalue weighted by Gasteiger charge is -2.45. The van der Waals surface area contributed by atoms with Gasteiger partial charge in [-0.2, -0.15) is 0 Å². The molecule has 1 N–H and O–H groups in total. The molecular weight excluding hydrogens is 256 g/mol. The number of hydrogen-bond acceptors (Lipinski definition) is 2. The zero-order valence-electron chi connectivity index (χ0n) is 14.3. The van der Waals surface area contributed by atoms with Gasteiger partial charge in [0.1, 0.15) is 0 Å². The van der Waals surface area contributed by atoms with Gasteiger partial charge in [0, 0.05) is 25.2 Å². The number of hydrogen-bond donors (Lipinski definition) is 1. The average molecular weight is 293 g/mol. The molecule has 0 radical (unpaired) electrons. The molecular formula is C19H36N2. The zero-order chi connectivity index (χ0) is 14.7. The van der Waals surface area contributed by atoms with Crippen LogP contribution < -0.4 is 5.32 Å². The Hall–Kier alpha value is -0.0800. The van der Waals surface area contributed by atoms with Gasteiger partial charge in [0.25, 0.3) is 0 Å². The van der Waals surface area contributed by atoms with Gasteiger partial charge in [-0.25, -0.2) is 0 Å². The lowest BCUT2D eigenvalue weighted by atomic mass is 9.82. The molecule has 1 heterocycles. The second kappa shape index (κ2) is 7.46. The van der Waals surface area contributed by atoms with E-state index >= 15 is 0 Å². The molecule has 2 nitrogen and oxygen atoms in total. The van der Waals surface area contributed by atoms with E-state index in [2.05, 4.69) is 24.1 Å². The van der Waals surface area contributed by atoms with E-state index < -0.39 is 0 Å². The fourth-order valence-electron chi connectivity index (χ4n) is 4.58. The Morgan fingerprint density at radius 2 is 1.71 bits per heavy atom. The van der Waals surface area contributed by atoms with Crippen molar-refractivity contribution >= 4 is 0 Å². The van der Waals surface area contributed by atoms with Crippen molar-refractivity contribution in [3.05, 3.63) is 0 Å². The highest BCUT2D eigenvalue weighted by Crippen LogP contribution is 2.31. The maximum atomic E-state index is 3.94. The van der Waals surface area contributed by atoms with Crippen LogP contribution in [0, 0.1) is 17.8 Å². The summed E-state index contributed by atoms with van der Waals surface area (Å²) in [5, 5.41) is 3.94. The summed E-state index contributed by atoms with van der Waals surface area (Å²) in [4.78, 5) is 2.87. The van der Waals surface area contributed by atoms with Crippen molar-refractivity contribution in [3.8, 4) is 0 Å². The Labute approximate surface area is 132 Å². The predicted molar refractivity (Wildman–Crippen MR) is 90.5 cm³/mol. The number of rotatable bonds is 5. The van der Waals surface area contributed by atoms with Crippen LogP contribution >= 0.6 is 0 Å². The summed E-state index contributed by atoms with van der Waals surface area (Å²) in [6, 6.07) is 1.65. The van der Waals surface area contributed by atoms with E-state index in [-0.39, 0.29) is 0 Å². The van der Waals surface area contributed by atoms with E-state index in [9.17, 15) is 0 Å². The van der Waals surface area contributed by atoms with Crippen molar-refractivity contribution < 1.29 is 0 Å². The average Bonchev–Trinajstić information content (AvgIpc) is 2.46. The molecule has 0 aromatic rings. The minimum Gasteiger partial charge on any atom is -0.312 e. The molecule has 0 aromatic carbocycles. The Kier molecular flexibility index (Phi) is 5.61. The van der Waals surface area contributed by atoms with E-state index in [1.54, 1.807) is 0 Å². The summed E-state index contributed by atoms with van der Waals surface area (Å²) in [5.74, 6) is 2.73. The van der Waals surface area contributed by atoms with E-state index in [0.29, 0.717) is 0 Å². The summed E-state index contributed by atoms with van der Waals surface area (Å²) < 4.78 is 0. The molecule has 21 heavy (non-hydrogen) atoms. The molecule has 122 valence electrons. The minimum atomic E-state index is 0.758. The summed E-state index contributed by atoms with van der Waals surface area (Å²) >= 11 is 0.